The molecule has 0 bridgehead atoms. The molecule has 1 fully saturated rings. The maximum atomic E-state index is 6.15. The van der Waals surface area contributed by atoms with Gasteiger partial charge in [0.2, 0.25) is 0 Å². The minimum Gasteiger partial charge on any atom is -0.310 e. The van der Waals surface area contributed by atoms with Crippen LogP contribution in [0, 0.1) is 13.8 Å². The lowest BCUT2D eigenvalue weighted by Crippen LogP contribution is -2.15. The topological polar surface area (TPSA) is 42.7 Å². The number of nitrogens with one attached hydrogen (secondary N) is 1. The van der Waals surface area contributed by atoms with Gasteiger partial charge in [-0.25, -0.2) is 0 Å². The van der Waals surface area contributed by atoms with Crippen LogP contribution in [-0.4, -0.2) is 20.8 Å². The molecule has 1 aliphatic carbocycles. The molecule has 0 aliphatic heterocycles. The van der Waals surface area contributed by atoms with Crippen molar-refractivity contribution in [2.75, 3.05) is 0 Å². The zero-order valence-electron chi connectivity index (χ0n) is 11.9. The molecule has 20 heavy (non-hydrogen) atoms. The van der Waals surface area contributed by atoms with Crippen molar-refractivity contribution in [2.45, 2.75) is 45.8 Å². The van der Waals surface area contributed by atoms with Crippen LogP contribution in [0.3, 0.4) is 0 Å². The molecule has 0 spiro atoms. The lowest BCUT2D eigenvalue weighted by molar-refractivity contribution is 0.644. The number of aryl methyl sites for hydroxylation is 1. The summed E-state index contributed by atoms with van der Waals surface area (Å²) in [5.41, 5.74) is 4.09. The van der Waals surface area contributed by atoms with Crippen molar-refractivity contribution in [1.82, 2.24) is 20.1 Å². The van der Waals surface area contributed by atoms with Crippen LogP contribution in [-0.2, 0) is 13.1 Å². The Labute approximate surface area is 124 Å². The Morgan fingerprint density at radius 1 is 1.35 bits per heavy atom. The summed E-state index contributed by atoms with van der Waals surface area (Å²) in [6.45, 7) is 5.47. The van der Waals surface area contributed by atoms with E-state index < -0.39 is 0 Å². The van der Waals surface area contributed by atoms with E-state index in [1.54, 1.807) is 0 Å². The molecule has 2 aromatic heterocycles. The second-order valence-electron chi connectivity index (χ2n) is 5.46. The third-order valence-corrected chi connectivity index (χ3v) is 4.21. The van der Waals surface area contributed by atoms with Gasteiger partial charge in [0, 0.05) is 18.8 Å². The molecule has 4 nitrogen and oxygen atoms in total. The molecule has 1 aliphatic rings. The molecule has 2 heterocycles. The molecule has 3 rings (SSSR count). The number of nitrogens with zero attached hydrogens (tertiary/aromatic N) is 3. The van der Waals surface area contributed by atoms with Gasteiger partial charge in [0.15, 0.2) is 0 Å². The molecule has 0 unspecified atom stereocenters. The van der Waals surface area contributed by atoms with E-state index in [1.165, 1.54) is 18.4 Å². The molecule has 0 saturated heterocycles. The van der Waals surface area contributed by atoms with Crippen molar-refractivity contribution in [3.63, 3.8) is 0 Å². The molecule has 0 aromatic carbocycles. The van der Waals surface area contributed by atoms with Crippen LogP contribution in [0.1, 0.15) is 35.5 Å². The molecule has 0 radical (unpaired) electrons. The highest BCUT2D eigenvalue weighted by atomic mass is 35.5. The Balaban J connectivity index is 1.66. The molecular weight excluding hydrogens is 272 g/mol. The minimum atomic E-state index is 0.662. The average molecular weight is 291 g/mol. The van der Waals surface area contributed by atoms with Gasteiger partial charge >= 0.3 is 0 Å². The van der Waals surface area contributed by atoms with Crippen molar-refractivity contribution >= 4 is 11.6 Å². The predicted molar refractivity (Wildman–Crippen MR) is 79.9 cm³/mol. The summed E-state index contributed by atoms with van der Waals surface area (Å²) in [5, 5.41) is 8.66. The highest BCUT2D eigenvalue weighted by Crippen LogP contribution is 2.20. The first-order valence-corrected chi connectivity index (χ1v) is 7.38. The number of rotatable bonds is 5. The van der Waals surface area contributed by atoms with Crippen molar-refractivity contribution in [3.05, 3.63) is 46.0 Å². The number of hydrogen-bond acceptors (Lipinski definition) is 3. The summed E-state index contributed by atoms with van der Waals surface area (Å²) >= 11 is 6.15. The van der Waals surface area contributed by atoms with Crippen molar-refractivity contribution in [2.24, 2.45) is 0 Å². The fourth-order valence-electron chi connectivity index (χ4n) is 2.19. The quantitative estimate of drug-likeness (QED) is 0.921. The van der Waals surface area contributed by atoms with Crippen LogP contribution < -0.4 is 5.32 Å². The van der Waals surface area contributed by atoms with Crippen LogP contribution in [0.2, 0.25) is 5.02 Å². The maximum Gasteiger partial charge on any atom is 0.0844 e. The van der Waals surface area contributed by atoms with Gasteiger partial charge in [-0.2, -0.15) is 5.10 Å². The zero-order chi connectivity index (χ0) is 14.1. The monoisotopic (exact) mass is 290 g/mol. The van der Waals surface area contributed by atoms with E-state index in [4.69, 9.17) is 11.6 Å². The van der Waals surface area contributed by atoms with Crippen molar-refractivity contribution in [3.8, 4) is 0 Å². The second kappa shape index (κ2) is 5.54. The van der Waals surface area contributed by atoms with E-state index in [2.05, 4.69) is 27.5 Å². The second-order valence-corrected chi connectivity index (χ2v) is 5.83. The van der Waals surface area contributed by atoms with Gasteiger partial charge in [0.1, 0.15) is 0 Å². The van der Waals surface area contributed by atoms with Crippen molar-refractivity contribution < 1.29 is 0 Å². The normalized spacial score (nSPS) is 14.8. The fourth-order valence-corrected chi connectivity index (χ4v) is 2.32. The maximum absolute atomic E-state index is 6.15. The van der Waals surface area contributed by atoms with Crippen LogP contribution in [0.4, 0.5) is 0 Å². The van der Waals surface area contributed by atoms with E-state index in [9.17, 15) is 0 Å². The van der Waals surface area contributed by atoms with E-state index in [0.717, 1.165) is 34.7 Å². The van der Waals surface area contributed by atoms with Crippen LogP contribution in [0.25, 0.3) is 0 Å². The summed E-state index contributed by atoms with van der Waals surface area (Å²) in [5.74, 6) is 0. The first-order valence-electron chi connectivity index (χ1n) is 7.00. The number of hydrogen-bond donors (Lipinski definition) is 1. The van der Waals surface area contributed by atoms with Crippen molar-refractivity contribution in [1.29, 1.82) is 0 Å². The molecule has 0 atom stereocenters. The molecule has 0 amide bonds. The molecule has 106 valence electrons. The Morgan fingerprint density at radius 3 is 2.70 bits per heavy atom. The van der Waals surface area contributed by atoms with Gasteiger partial charge < -0.3 is 5.32 Å². The molecule has 1 N–H and O–H groups in total. The standard InChI is InChI=1S/C15H19ClN4/c1-10-15(16)11(2)20(19-10)9-14-4-3-12(8-18-14)7-17-13-5-6-13/h3-4,8,13,17H,5-7,9H2,1-2H3. The van der Waals surface area contributed by atoms with Gasteiger partial charge in [0.25, 0.3) is 0 Å². The summed E-state index contributed by atoms with van der Waals surface area (Å²) < 4.78 is 1.90. The summed E-state index contributed by atoms with van der Waals surface area (Å²) in [7, 11) is 0. The number of aromatic nitrogens is 3. The van der Waals surface area contributed by atoms with E-state index in [0.29, 0.717) is 6.54 Å². The average Bonchev–Trinajstić information content (AvgIpc) is 3.24. The zero-order valence-corrected chi connectivity index (χ0v) is 12.6. The largest absolute Gasteiger partial charge is 0.310 e. The fraction of sp³-hybridized carbons (Fsp3) is 0.467. The SMILES string of the molecule is Cc1nn(Cc2ccc(CNC3CC3)cn2)c(C)c1Cl. The van der Waals surface area contributed by atoms with Crippen LogP contribution in [0.5, 0.6) is 0 Å². The summed E-state index contributed by atoms with van der Waals surface area (Å²) in [6.07, 6.45) is 4.56. The molecule has 1 saturated carbocycles. The number of halogens is 1. The van der Waals surface area contributed by atoms with Gasteiger partial charge in [-0.15, -0.1) is 0 Å². The van der Waals surface area contributed by atoms with Gasteiger partial charge in [-0.05, 0) is 38.3 Å². The summed E-state index contributed by atoms with van der Waals surface area (Å²) in [6, 6.07) is 4.92. The highest BCUT2D eigenvalue weighted by Gasteiger charge is 2.19. The third-order valence-electron chi connectivity index (χ3n) is 3.66. The number of pyridine rings is 1. The lowest BCUT2D eigenvalue weighted by atomic mass is 10.2. The Hall–Kier alpha value is -1.39. The first-order chi connectivity index (χ1) is 9.63. The van der Waals surface area contributed by atoms with Crippen LogP contribution in [0.15, 0.2) is 18.3 Å². The Kier molecular flexibility index (Phi) is 3.76. The molecule has 5 heteroatoms. The Bertz CT molecular complexity index is 599. The van der Waals surface area contributed by atoms with Crippen LogP contribution >= 0.6 is 11.6 Å². The Morgan fingerprint density at radius 2 is 2.15 bits per heavy atom. The third kappa shape index (κ3) is 3.02. The van der Waals surface area contributed by atoms with E-state index in [1.807, 2.05) is 24.7 Å². The van der Waals surface area contributed by atoms with E-state index >= 15 is 0 Å². The van der Waals surface area contributed by atoms with E-state index in [-0.39, 0.29) is 0 Å². The first kappa shape index (κ1) is 13.6. The molecule has 2 aromatic rings. The smallest absolute Gasteiger partial charge is 0.0844 e. The van der Waals surface area contributed by atoms with Gasteiger partial charge in [-0.3, -0.25) is 9.67 Å². The lowest BCUT2D eigenvalue weighted by Gasteiger charge is -2.06. The molecular formula is C15H19ClN4. The van der Waals surface area contributed by atoms with Gasteiger partial charge in [-0.1, -0.05) is 17.7 Å². The predicted octanol–water partition coefficient (Wildman–Crippen LogP) is 2.85. The highest BCUT2D eigenvalue weighted by molar-refractivity contribution is 6.31. The minimum absolute atomic E-state index is 0.662. The van der Waals surface area contributed by atoms with Gasteiger partial charge in [0.05, 0.1) is 28.6 Å². The summed E-state index contributed by atoms with van der Waals surface area (Å²) in [4.78, 5) is 4.51.